The van der Waals surface area contributed by atoms with Crippen LogP contribution in [0.25, 0.3) is 78.3 Å². The molecule has 0 saturated heterocycles. The quantitative estimate of drug-likeness (QED) is 0.159. The van der Waals surface area contributed by atoms with E-state index in [4.69, 9.17) is 19.7 Å². The van der Waals surface area contributed by atoms with Crippen molar-refractivity contribution in [1.82, 2.24) is 15.0 Å². The third kappa shape index (κ3) is 6.64. The zero-order valence-corrected chi connectivity index (χ0v) is 34.4. The third-order valence-corrected chi connectivity index (χ3v) is 12.0. The summed E-state index contributed by atoms with van der Waals surface area (Å²) in [7, 11) is 0. The molecule has 10 aromatic rings. The largest absolute Gasteiger partial charge is 0.472 e. The van der Waals surface area contributed by atoms with Crippen molar-refractivity contribution in [2.24, 2.45) is 0 Å². The van der Waals surface area contributed by atoms with Crippen LogP contribution in [0.15, 0.2) is 212 Å². The maximum Gasteiger partial charge on any atom is 0.185 e. The van der Waals surface area contributed by atoms with E-state index >= 15 is 0 Å². The lowest BCUT2D eigenvalue weighted by molar-refractivity contribution is 0.152. The summed E-state index contributed by atoms with van der Waals surface area (Å²) in [5.74, 6) is 2.24. The molecule has 64 heavy (non-hydrogen) atoms. The fourth-order valence-corrected chi connectivity index (χ4v) is 8.89. The van der Waals surface area contributed by atoms with Crippen LogP contribution in [-0.2, 0) is 5.60 Å². The molecule has 1 aromatic heterocycles. The molecule has 0 bridgehead atoms. The van der Waals surface area contributed by atoms with Gasteiger partial charge in [-0.25, -0.2) is 15.0 Å². The minimum atomic E-state index is -0.960. The molecule has 11 rings (SSSR count). The van der Waals surface area contributed by atoms with Gasteiger partial charge in [-0.3, -0.25) is 0 Å². The highest BCUT2D eigenvalue weighted by Crippen LogP contribution is 2.52. The van der Waals surface area contributed by atoms with Crippen LogP contribution >= 0.6 is 0 Å². The monoisotopic (exact) mass is 817 g/mol. The van der Waals surface area contributed by atoms with E-state index in [1.165, 1.54) is 10.8 Å². The van der Waals surface area contributed by atoms with Gasteiger partial charge in [-0.1, -0.05) is 182 Å². The maximum absolute atomic E-state index is 9.99. The number of hydrogen-bond acceptors (Lipinski definition) is 6. The average Bonchev–Trinajstić information content (AvgIpc) is 3.38. The van der Waals surface area contributed by atoms with Gasteiger partial charge in [0.2, 0.25) is 0 Å². The summed E-state index contributed by atoms with van der Waals surface area (Å²) < 4.78 is 7.30. The molecule has 0 N–H and O–H groups in total. The van der Waals surface area contributed by atoms with Gasteiger partial charge in [-0.15, -0.1) is 0 Å². The zero-order valence-electron chi connectivity index (χ0n) is 34.4. The van der Waals surface area contributed by atoms with E-state index < -0.39 is 5.60 Å². The Morgan fingerprint density at radius 1 is 0.375 bits per heavy atom. The van der Waals surface area contributed by atoms with Crippen molar-refractivity contribution in [2.45, 2.75) is 5.60 Å². The molecule has 0 spiro atoms. The predicted octanol–water partition coefficient (Wildman–Crippen LogP) is 13.5. The molecule has 0 saturated carbocycles. The van der Waals surface area contributed by atoms with Crippen molar-refractivity contribution in [3.05, 3.63) is 240 Å². The number of nitrogens with zero attached hydrogens (tertiary/aromatic N) is 5. The molecule has 0 amide bonds. The van der Waals surface area contributed by atoms with Crippen molar-refractivity contribution in [1.29, 1.82) is 10.5 Å². The Labute approximate surface area is 370 Å². The van der Waals surface area contributed by atoms with Gasteiger partial charge >= 0.3 is 0 Å². The molecule has 1 aliphatic rings. The Kier molecular flexibility index (Phi) is 9.38. The normalized spacial score (nSPS) is 12.3. The molecular weight excluding hydrogens is 783 g/mol. The lowest BCUT2D eigenvalue weighted by atomic mass is 9.74. The van der Waals surface area contributed by atoms with E-state index in [1.807, 2.05) is 78.9 Å². The number of ether oxygens (including phenoxy) is 1. The van der Waals surface area contributed by atoms with Gasteiger partial charge in [-0.2, -0.15) is 10.5 Å². The van der Waals surface area contributed by atoms with Crippen molar-refractivity contribution < 1.29 is 4.74 Å². The Bertz CT molecular complexity index is 3440. The molecule has 9 aromatic carbocycles. The van der Waals surface area contributed by atoms with E-state index in [1.54, 1.807) is 12.1 Å². The number of aromatic nitrogens is 3. The van der Waals surface area contributed by atoms with E-state index in [9.17, 15) is 10.5 Å². The van der Waals surface area contributed by atoms with Gasteiger partial charge in [0, 0.05) is 38.9 Å². The molecule has 0 radical (unpaired) electrons. The van der Waals surface area contributed by atoms with E-state index in [0.29, 0.717) is 28.6 Å². The highest BCUT2D eigenvalue weighted by molar-refractivity contribution is 5.97. The summed E-state index contributed by atoms with van der Waals surface area (Å²) in [5, 5.41) is 22.1. The minimum Gasteiger partial charge on any atom is -0.472 e. The first-order valence-electron chi connectivity index (χ1n) is 21.0. The summed E-state index contributed by atoms with van der Waals surface area (Å²) >= 11 is 0. The highest BCUT2D eigenvalue weighted by atomic mass is 16.5. The Morgan fingerprint density at radius 3 is 1.59 bits per heavy atom. The Hall–Kier alpha value is -8.97. The first-order valence-corrected chi connectivity index (χ1v) is 21.0. The maximum atomic E-state index is 9.99. The van der Waals surface area contributed by atoms with Crippen molar-refractivity contribution in [2.75, 3.05) is 0 Å². The van der Waals surface area contributed by atoms with Crippen LogP contribution in [0.3, 0.4) is 0 Å². The molecular formula is C58H35N5O. The third-order valence-electron chi connectivity index (χ3n) is 12.0. The fourth-order valence-electron chi connectivity index (χ4n) is 8.89. The number of fused-ring (bicyclic) bond motifs is 4. The summed E-state index contributed by atoms with van der Waals surface area (Å²) in [6, 6.07) is 75.9. The lowest BCUT2D eigenvalue weighted by Gasteiger charge is -2.41. The summed E-state index contributed by atoms with van der Waals surface area (Å²) in [4.78, 5) is 15.0. The molecule has 298 valence electrons. The van der Waals surface area contributed by atoms with Gasteiger partial charge in [-0.05, 0) is 68.9 Å². The van der Waals surface area contributed by atoms with Crippen LogP contribution in [-0.4, -0.2) is 15.0 Å². The second-order valence-corrected chi connectivity index (χ2v) is 15.8. The first kappa shape index (κ1) is 38.0. The van der Waals surface area contributed by atoms with Gasteiger partial charge in [0.15, 0.2) is 23.1 Å². The second-order valence-electron chi connectivity index (χ2n) is 15.8. The summed E-state index contributed by atoms with van der Waals surface area (Å²) in [5.41, 5.74) is 11.6. The van der Waals surface area contributed by atoms with Crippen LogP contribution in [0.1, 0.15) is 27.8 Å². The van der Waals surface area contributed by atoms with Gasteiger partial charge in [0.05, 0.1) is 23.3 Å². The molecule has 6 heteroatoms. The molecule has 0 unspecified atom stereocenters. The van der Waals surface area contributed by atoms with Crippen molar-refractivity contribution in [3.63, 3.8) is 0 Å². The summed E-state index contributed by atoms with van der Waals surface area (Å²) in [6.07, 6.45) is 0. The first-order chi connectivity index (χ1) is 31.6. The van der Waals surface area contributed by atoms with Gasteiger partial charge in [0.25, 0.3) is 0 Å². The second kappa shape index (κ2) is 15.8. The number of benzene rings is 9. The van der Waals surface area contributed by atoms with E-state index in [2.05, 4.69) is 133 Å². The van der Waals surface area contributed by atoms with E-state index in [0.717, 1.165) is 72.5 Å². The zero-order chi connectivity index (χ0) is 43.0. The smallest absolute Gasteiger partial charge is 0.185 e. The Balaban J connectivity index is 0.984. The topological polar surface area (TPSA) is 95.5 Å². The lowest BCUT2D eigenvalue weighted by Crippen LogP contribution is -2.38. The number of nitriles is 2. The number of hydrogen-bond donors (Lipinski definition) is 0. The SMILES string of the molecule is N#Cc1cccc(-c2nc(-c3ccc(-c4ccc5c(c4)OC(c4ccccc4)(c4ccccc4)c4ccc(C#N)cc4-5)cc3)nc(-c3ccc(-c4cccc5ccccc45)cc3)n2)c1. The van der Waals surface area contributed by atoms with Crippen LogP contribution < -0.4 is 4.74 Å². The molecule has 0 fully saturated rings. The predicted molar refractivity (Wildman–Crippen MR) is 253 cm³/mol. The van der Waals surface area contributed by atoms with Crippen molar-refractivity contribution in [3.8, 4) is 85.4 Å². The minimum absolute atomic E-state index is 0.478. The Morgan fingerprint density at radius 2 is 0.922 bits per heavy atom. The van der Waals surface area contributed by atoms with Gasteiger partial charge < -0.3 is 4.74 Å². The van der Waals surface area contributed by atoms with Gasteiger partial charge in [0.1, 0.15) is 5.75 Å². The molecule has 6 nitrogen and oxygen atoms in total. The number of rotatable bonds is 7. The average molecular weight is 818 g/mol. The van der Waals surface area contributed by atoms with E-state index in [-0.39, 0.29) is 0 Å². The van der Waals surface area contributed by atoms with Crippen LogP contribution in [0.2, 0.25) is 0 Å². The standard InChI is InChI=1S/C58H35N5O/c59-36-38-11-9-14-46(33-38)57-62-55(61-56(63-57)44-28-24-42(25-29-44)50-20-10-13-41-12-7-8-19-49(41)50)43-26-22-40(23-27-43)45-30-31-51-52-34-39(37-60)21-32-53(52)58(64-54(51)35-45,47-15-3-1-4-16-47)48-17-5-2-6-18-48/h1-35H. The van der Waals surface area contributed by atoms with Crippen LogP contribution in [0.5, 0.6) is 5.75 Å². The molecule has 0 aliphatic carbocycles. The highest BCUT2D eigenvalue weighted by Gasteiger charge is 2.44. The molecule has 2 heterocycles. The van der Waals surface area contributed by atoms with Crippen LogP contribution in [0, 0.1) is 22.7 Å². The summed E-state index contributed by atoms with van der Waals surface area (Å²) in [6.45, 7) is 0. The van der Waals surface area contributed by atoms with Crippen LogP contribution in [0.4, 0.5) is 0 Å². The molecule has 0 atom stereocenters. The molecule has 1 aliphatic heterocycles. The van der Waals surface area contributed by atoms with Crippen molar-refractivity contribution >= 4 is 10.8 Å². The fraction of sp³-hybridized carbons (Fsp3) is 0.0172.